The number of nitrogens with one attached hydrogen (secondary N) is 1. The topological polar surface area (TPSA) is 138 Å². The maximum atomic E-state index is 13.6. The average Bonchev–Trinajstić information content (AvgIpc) is 3.48. The third-order valence-corrected chi connectivity index (χ3v) is 6.87. The first-order chi connectivity index (χ1) is 17.8. The van der Waals surface area contributed by atoms with Crippen molar-refractivity contribution in [2.75, 3.05) is 26.1 Å². The minimum atomic E-state index is -1.73. The smallest absolute Gasteiger partial charge is 0.236 e. The van der Waals surface area contributed by atoms with E-state index < -0.39 is 23.1 Å². The van der Waals surface area contributed by atoms with Gasteiger partial charge in [-0.05, 0) is 35.9 Å². The van der Waals surface area contributed by atoms with Crippen LogP contribution in [0.1, 0.15) is 23.7 Å². The molecule has 5 rings (SSSR count). The zero-order valence-corrected chi connectivity index (χ0v) is 21.1. The minimum absolute atomic E-state index is 0.0797. The first-order valence-corrected chi connectivity index (χ1v) is 11.9. The molecular formula is C25H24ClN5O6. The van der Waals surface area contributed by atoms with Gasteiger partial charge in [-0.3, -0.25) is 9.59 Å². The number of hydrogen-bond acceptors (Lipinski definition) is 10. The number of ether oxygens (including phenoxy) is 3. The van der Waals surface area contributed by atoms with Crippen LogP contribution in [0.4, 0.5) is 5.69 Å². The van der Waals surface area contributed by atoms with Crippen LogP contribution < -0.4 is 19.5 Å². The molecule has 0 radical (unpaired) electrons. The molecule has 2 heterocycles. The van der Waals surface area contributed by atoms with Gasteiger partial charge in [0.05, 0.1) is 27.4 Å². The van der Waals surface area contributed by atoms with Crippen molar-refractivity contribution in [2.45, 2.75) is 25.5 Å². The van der Waals surface area contributed by atoms with Gasteiger partial charge in [0.1, 0.15) is 22.1 Å². The van der Waals surface area contributed by atoms with Gasteiger partial charge >= 0.3 is 0 Å². The standard InChI is InChI=1S/C25H24ClN5O6/c1-13-10-16(27-15-6-4-14(5-7-15)24-28-30-31(29-24)8-9-32)11-19(33)25(13)23(34)20-17(35-2)12-18(36-3)21(26)22(20)37-25/h4-7,11-13,27,32H,8-10H2,1-3H3. The van der Waals surface area contributed by atoms with Crippen LogP contribution in [0.25, 0.3) is 11.4 Å². The van der Waals surface area contributed by atoms with E-state index in [0.717, 1.165) is 11.3 Å². The van der Waals surface area contributed by atoms with Crippen molar-refractivity contribution in [3.63, 3.8) is 0 Å². The third-order valence-electron chi connectivity index (χ3n) is 6.51. The van der Waals surface area contributed by atoms with Crippen LogP contribution in [0.2, 0.25) is 5.02 Å². The number of carbonyl (C=O) groups is 2. The monoisotopic (exact) mass is 525 g/mol. The number of tetrazole rings is 1. The van der Waals surface area contributed by atoms with Gasteiger partial charge in [-0.2, -0.15) is 4.80 Å². The van der Waals surface area contributed by atoms with E-state index in [4.69, 9.17) is 30.9 Å². The Bertz CT molecular complexity index is 1420. The number of aliphatic hydroxyl groups excluding tert-OH is 1. The number of nitrogens with zero attached hydrogens (tertiary/aromatic N) is 4. The van der Waals surface area contributed by atoms with Gasteiger partial charge in [0.15, 0.2) is 5.75 Å². The van der Waals surface area contributed by atoms with Gasteiger partial charge in [-0.15, -0.1) is 10.2 Å². The predicted octanol–water partition coefficient (Wildman–Crippen LogP) is 2.92. The molecule has 1 aliphatic heterocycles. The fraction of sp³-hybridized carbons (Fsp3) is 0.320. The molecular weight excluding hydrogens is 502 g/mol. The third kappa shape index (κ3) is 4.00. The van der Waals surface area contributed by atoms with E-state index in [0.29, 0.717) is 17.9 Å². The van der Waals surface area contributed by atoms with Gasteiger partial charge in [-0.25, -0.2) is 0 Å². The maximum absolute atomic E-state index is 13.6. The Labute approximate surface area is 217 Å². The zero-order valence-electron chi connectivity index (χ0n) is 20.3. The maximum Gasteiger partial charge on any atom is 0.236 e. The van der Waals surface area contributed by atoms with Crippen molar-refractivity contribution >= 4 is 28.9 Å². The lowest BCUT2D eigenvalue weighted by atomic mass is 9.74. The summed E-state index contributed by atoms with van der Waals surface area (Å²) in [6.07, 6.45) is 1.78. The number of Topliss-reactive ketones (excluding diaryl/α,β-unsaturated/α-hetero) is 1. The Morgan fingerprint density at radius 1 is 1.22 bits per heavy atom. The van der Waals surface area contributed by atoms with Crippen molar-refractivity contribution in [3.8, 4) is 28.6 Å². The molecule has 2 unspecified atom stereocenters. The molecule has 0 amide bonds. The fourth-order valence-electron chi connectivity index (χ4n) is 4.65. The number of hydrogen-bond donors (Lipinski definition) is 2. The van der Waals surface area contributed by atoms with Crippen molar-refractivity contribution in [1.29, 1.82) is 0 Å². The molecule has 2 aliphatic rings. The second-order valence-electron chi connectivity index (χ2n) is 8.74. The molecule has 12 heteroatoms. The summed E-state index contributed by atoms with van der Waals surface area (Å²) in [5, 5.41) is 24.5. The largest absolute Gasteiger partial charge is 0.496 e. The summed E-state index contributed by atoms with van der Waals surface area (Å²) in [4.78, 5) is 28.4. The van der Waals surface area contributed by atoms with Gasteiger partial charge < -0.3 is 24.6 Å². The Kier molecular flexibility index (Phi) is 6.34. The van der Waals surface area contributed by atoms with Crippen molar-refractivity contribution < 1.29 is 28.9 Å². The Balaban J connectivity index is 1.38. The fourth-order valence-corrected chi connectivity index (χ4v) is 4.91. The van der Waals surface area contributed by atoms with E-state index in [9.17, 15) is 9.59 Å². The minimum Gasteiger partial charge on any atom is -0.496 e. The second-order valence-corrected chi connectivity index (χ2v) is 9.12. The zero-order chi connectivity index (χ0) is 26.3. The van der Waals surface area contributed by atoms with Gasteiger partial charge in [0.25, 0.3) is 0 Å². The van der Waals surface area contributed by atoms with Crippen LogP contribution in [0, 0.1) is 5.92 Å². The molecule has 192 valence electrons. The van der Waals surface area contributed by atoms with Crippen LogP contribution in [-0.2, 0) is 11.3 Å². The van der Waals surface area contributed by atoms with Gasteiger partial charge in [-0.1, -0.05) is 18.5 Å². The molecule has 2 atom stereocenters. The number of rotatable bonds is 7. The van der Waals surface area contributed by atoms with E-state index in [1.807, 2.05) is 24.3 Å². The number of ketones is 2. The highest BCUT2D eigenvalue weighted by atomic mass is 35.5. The molecule has 37 heavy (non-hydrogen) atoms. The molecule has 0 saturated heterocycles. The molecule has 1 aliphatic carbocycles. The number of halogens is 1. The van der Waals surface area contributed by atoms with Crippen LogP contribution in [0.15, 0.2) is 42.1 Å². The molecule has 0 saturated carbocycles. The van der Waals surface area contributed by atoms with Gasteiger partial charge in [0.2, 0.25) is 23.0 Å². The molecule has 3 aromatic rings. The van der Waals surface area contributed by atoms with Crippen LogP contribution in [-0.4, -0.2) is 63.3 Å². The lowest BCUT2D eigenvalue weighted by Gasteiger charge is -2.35. The van der Waals surface area contributed by atoms with E-state index >= 15 is 0 Å². The predicted molar refractivity (Wildman–Crippen MR) is 133 cm³/mol. The summed E-state index contributed by atoms with van der Waals surface area (Å²) in [5.41, 5.74) is 0.543. The summed E-state index contributed by atoms with van der Waals surface area (Å²) >= 11 is 6.43. The Morgan fingerprint density at radius 2 is 1.95 bits per heavy atom. The molecule has 2 N–H and O–H groups in total. The van der Waals surface area contributed by atoms with Crippen molar-refractivity contribution in [1.82, 2.24) is 20.2 Å². The number of methoxy groups -OCH3 is 2. The van der Waals surface area contributed by atoms with Crippen molar-refractivity contribution in [2.24, 2.45) is 5.92 Å². The number of fused-ring (bicyclic) bond motifs is 1. The van der Waals surface area contributed by atoms with Crippen LogP contribution >= 0.6 is 11.6 Å². The summed E-state index contributed by atoms with van der Waals surface area (Å²) in [6.45, 7) is 1.97. The molecule has 1 spiro atoms. The number of carbonyl (C=O) groups excluding carboxylic acids is 2. The first-order valence-electron chi connectivity index (χ1n) is 11.5. The molecule has 1 aromatic heterocycles. The van der Waals surface area contributed by atoms with Crippen LogP contribution in [0.5, 0.6) is 17.2 Å². The van der Waals surface area contributed by atoms with Gasteiger partial charge in [0, 0.05) is 35.0 Å². The normalized spacial score (nSPS) is 20.5. The first kappa shape index (κ1) is 24.7. The number of aromatic nitrogens is 4. The average molecular weight is 526 g/mol. The Morgan fingerprint density at radius 3 is 2.59 bits per heavy atom. The SMILES string of the molecule is COc1cc(OC)c2c(c1Cl)OC1(C(=O)C=C(Nc3ccc(-c4nnn(CCO)n4)cc3)CC1C)C2=O. The summed E-state index contributed by atoms with van der Waals surface area (Å²) in [5.74, 6) is -0.416. The highest BCUT2D eigenvalue weighted by Crippen LogP contribution is 2.53. The molecule has 0 fully saturated rings. The summed E-state index contributed by atoms with van der Waals surface area (Å²) in [7, 11) is 2.87. The van der Waals surface area contributed by atoms with E-state index in [1.54, 1.807) is 6.92 Å². The van der Waals surface area contributed by atoms with E-state index in [1.165, 1.54) is 31.2 Å². The van der Waals surface area contributed by atoms with E-state index in [-0.39, 0.29) is 41.0 Å². The number of allylic oxidation sites excluding steroid dienone is 1. The molecule has 2 aromatic carbocycles. The Hall–Kier alpha value is -3.96. The number of benzene rings is 2. The quantitative estimate of drug-likeness (QED) is 0.443. The number of aliphatic hydroxyl groups is 1. The summed E-state index contributed by atoms with van der Waals surface area (Å²) in [6, 6.07) is 8.80. The van der Waals surface area contributed by atoms with Crippen LogP contribution in [0.3, 0.4) is 0 Å². The lowest BCUT2D eigenvalue weighted by molar-refractivity contribution is -0.129. The summed E-state index contributed by atoms with van der Waals surface area (Å²) < 4.78 is 16.7. The highest BCUT2D eigenvalue weighted by molar-refractivity contribution is 6.36. The van der Waals surface area contributed by atoms with E-state index in [2.05, 4.69) is 20.7 Å². The second kappa shape index (κ2) is 9.49. The highest BCUT2D eigenvalue weighted by Gasteiger charge is 2.60. The molecule has 0 bridgehead atoms. The van der Waals surface area contributed by atoms with Crippen molar-refractivity contribution in [3.05, 3.63) is 52.7 Å². The lowest BCUT2D eigenvalue weighted by Crippen LogP contribution is -2.55. The molecule has 11 nitrogen and oxygen atoms in total. The number of anilines is 1.